The second-order valence-electron chi connectivity index (χ2n) is 7.17. The van der Waals surface area contributed by atoms with Gasteiger partial charge in [0.25, 0.3) is 5.91 Å². The van der Waals surface area contributed by atoms with Crippen molar-refractivity contribution in [1.29, 1.82) is 0 Å². The first-order valence-electron chi connectivity index (χ1n) is 9.53. The minimum Gasteiger partial charge on any atom is -0.365 e. The Morgan fingerprint density at radius 2 is 1.56 bits per heavy atom. The number of fused-ring (bicyclic) bond motifs is 3. The Morgan fingerprint density at radius 1 is 0.920 bits per heavy atom. The maximum atomic E-state index is 12.8. The molecule has 0 spiro atoms. The first-order valence-corrected chi connectivity index (χ1v) is 9.53. The van der Waals surface area contributed by atoms with Gasteiger partial charge in [-0.2, -0.15) is 0 Å². The van der Waals surface area contributed by atoms with E-state index in [1.54, 1.807) is 12.1 Å². The molecule has 5 heteroatoms. The van der Waals surface area contributed by atoms with Crippen molar-refractivity contribution in [3.05, 3.63) is 35.4 Å². The molecule has 1 aromatic rings. The molecule has 1 saturated heterocycles. The minimum absolute atomic E-state index is 0.0502. The monoisotopic (exact) mass is 344 g/mol. The lowest BCUT2D eigenvalue weighted by Crippen LogP contribution is -2.51. The maximum Gasteiger partial charge on any atom is 0.256 e. The zero-order valence-corrected chi connectivity index (χ0v) is 14.8. The largest absolute Gasteiger partial charge is 0.365 e. The fourth-order valence-corrected chi connectivity index (χ4v) is 3.88. The zero-order chi connectivity index (χ0) is 17.7. The summed E-state index contributed by atoms with van der Waals surface area (Å²) in [4.78, 5) is 26.4. The highest BCUT2D eigenvalue weighted by molar-refractivity contribution is 5.99. The van der Waals surface area contributed by atoms with Crippen molar-refractivity contribution in [1.82, 2.24) is 10.2 Å². The highest BCUT2D eigenvalue weighted by atomic mass is 16.3. The van der Waals surface area contributed by atoms with Gasteiger partial charge in [0, 0.05) is 24.1 Å². The van der Waals surface area contributed by atoms with Crippen LogP contribution in [0.15, 0.2) is 24.3 Å². The van der Waals surface area contributed by atoms with Gasteiger partial charge in [-0.3, -0.25) is 9.59 Å². The Balaban J connectivity index is 1.81. The van der Waals surface area contributed by atoms with E-state index in [1.165, 1.54) is 24.2 Å². The second-order valence-corrected chi connectivity index (χ2v) is 7.17. The quantitative estimate of drug-likeness (QED) is 0.760. The molecule has 0 saturated carbocycles. The van der Waals surface area contributed by atoms with Crippen LogP contribution in [0.3, 0.4) is 0 Å². The SMILES string of the molecule is O=C1CCCCCCCCCCN2C(=O)c3ccccc3C2(O)CN1. The van der Waals surface area contributed by atoms with E-state index in [2.05, 4.69) is 5.32 Å². The number of hydrogen-bond donors (Lipinski definition) is 2. The highest BCUT2D eigenvalue weighted by Crippen LogP contribution is 2.37. The standard InChI is InChI=1S/C20H28N2O3/c23-18-13-7-5-3-1-2-4-6-10-14-22-19(24)16-11-8-9-12-17(16)20(22,25)15-21-18/h8-9,11-12,25H,1-7,10,13-15H2,(H,21,23). The normalized spacial score (nSPS) is 26.2. The number of amides is 2. The van der Waals surface area contributed by atoms with E-state index in [9.17, 15) is 14.7 Å². The van der Waals surface area contributed by atoms with E-state index >= 15 is 0 Å². The van der Waals surface area contributed by atoms with Gasteiger partial charge < -0.3 is 15.3 Å². The molecular weight excluding hydrogens is 316 g/mol. The summed E-state index contributed by atoms with van der Waals surface area (Å²) in [5, 5.41) is 14.1. The molecule has 0 aliphatic carbocycles. The van der Waals surface area contributed by atoms with Gasteiger partial charge in [-0.1, -0.05) is 56.7 Å². The third-order valence-corrected chi connectivity index (χ3v) is 5.35. The third kappa shape index (κ3) is 3.87. The lowest BCUT2D eigenvalue weighted by Gasteiger charge is -2.34. The summed E-state index contributed by atoms with van der Waals surface area (Å²) in [5.74, 6) is -0.197. The van der Waals surface area contributed by atoms with Crippen molar-refractivity contribution in [3.63, 3.8) is 0 Å². The van der Waals surface area contributed by atoms with Crippen LogP contribution in [0.1, 0.15) is 73.7 Å². The number of nitrogens with zero attached hydrogens (tertiary/aromatic N) is 1. The molecule has 0 aromatic heterocycles. The van der Waals surface area contributed by atoms with Gasteiger partial charge in [0.2, 0.25) is 5.91 Å². The molecule has 2 N–H and O–H groups in total. The first-order chi connectivity index (χ1) is 12.1. The third-order valence-electron chi connectivity index (χ3n) is 5.35. The van der Waals surface area contributed by atoms with E-state index in [-0.39, 0.29) is 18.4 Å². The number of carbonyl (C=O) groups is 2. The van der Waals surface area contributed by atoms with E-state index in [0.717, 1.165) is 32.1 Å². The average molecular weight is 344 g/mol. The molecule has 25 heavy (non-hydrogen) atoms. The van der Waals surface area contributed by atoms with Gasteiger partial charge in [-0.25, -0.2) is 0 Å². The van der Waals surface area contributed by atoms with Crippen LogP contribution in [0.5, 0.6) is 0 Å². The summed E-state index contributed by atoms with van der Waals surface area (Å²) in [7, 11) is 0. The zero-order valence-electron chi connectivity index (χ0n) is 14.8. The molecule has 2 aliphatic heterocycles. The number of aliphatic hydroxyl groups is 1. The molecule has 136 valence electrons. The van der Waals surface area contributed by atoms with E-state index in [1.807, 2.05) is 12.1 Å². The summed E-state index contributed by atoms with van der Waals surface area (Å²) in [6, 6.07) is 7.17. The maximum absolute atomic E-state index is 12.8. The van der Waals surface area contributed by atoms with Crippen molar-refractivity contribution in [2.24, 2.45) is 0 Å². The highest BCUT2D eigenvalue weighted by Gasteiger charge is 2.48. The molecule has 0 bridgehead atoms. The molecule has 1 atom stereocenters. The average Bonchev–Trinajstić information content (AvgIpc) is 2.83. The molecule has 1 fully saturated rings. The topological polar surface area (TPSA) is 69.6 Å². The van der Waals surface area contributed by atoms with Crippen molar-refractivity contribution >= 4 is 11.8 Å². The van der Waals surface area contributed by atoms with Gasteiger partial charge in [0.1, 0.15) is 0 Å². The summed E-state index contributed by atoms with van der Waals surface area (Å²) in [6.07, 6.45) is 9.10. The van der Waals surface area contributed by atoms with Crippen LogP contribution < -0.4 is 5.32 Å². The number of benzene rings is 1. The van der Waals surface area contributed by atoms with Crippen LogP contribution in [0.4, 0.5) is 0 Å². The van der Waals surface area contributed by atoms with Crippen LogP contribution in [0.25, 0.3) is 0 Å². The number of nitrogens with one attached hydrogen (secondary N) is 1. The lowest BCUT2D eigenvalue weighted by molar-refractivity contribution is -0.126. The molecule has 5 nitrogen and oxygen atoms in total. The van der Waals surface area contributed by atoms with Crippen LogP contribution in [0.2, 0.25) is 0 Å². The molecule has 1 aromatic carbocycles. The minimum atomic E-state index is -1.44. The fraction of sp³-hybridized carbons (Fsp3) is 0.600. The van der Waals surface area contributed by atoms with Crippen molar-refractivity contribution in [2.45, 2.75) is 63.5 Å². The summed E-state index contributed by atoms with van der Waals surface area (Å²) in [6.45, 7) is 0.564. The predicted octanol–water partition coefficient (Wildman–Crippen LogP) is 2.93. The molecule has 2 heterocycles. The van der Waals surface area contributed by atoms with Crippen LogP contribution in [-0.4, -0.2) is 34.9 Å². The molecule has 2 amide bonds. The van der Waals surface area contributed by atoms with E-state index < -0.39 is 5.72 Å². The van der Waals surface area contributed by atoms with Crippen molar-refractivity contribution < 1.29 is 14.7 Å². The number of β-amino-alcohol motifs (C(OH)–C–C–N with tert-alkyl or cyclic N) is 1. The lowest BCUT2D eigenvalue weighted by atomic mass is 10.0. The second kappa shape index (κ2) is 8.00. The number of rotatable bonds is 0. The van der Waals surface area contributed by atoms with Crippen LogP contribution in [0, 0.1) is 0 Å². The number of carbonyl (C=O) groups excluding carboxylic acids is 2. The van der Waals surface area contributed by atoms with Gasteiger partial charge in [0.05, 0.1) is 6.54 Å². The summed E-state index contributed by atoms with van der Waals surface area (Å²) < 4.78 is 0. The molecule has 2 aliphatic rings. The predicted molar refractivity (Wildman–Crippen MR) is 95.9 cm³/mol. The van der Waals surface area contributed by atoms with Gasteiger partial charge in [-0.15, -0.1) is 0 Å². The van der Waals surface area contributed by atoms with Gasteiger partial charge in [-0.05, 0) is 18.9 Å². The molecule has 0 radical (unpaired) electrons. The van der Waals surface area contributed by atoms with Crippen LogP contribution >= 0.6 is 0 Å². The van der Waals surface area contributed by atoms with Gasteiger partial charge >= 0.3 is 0 Å². The number of hydrogen-bond acceptors (Lipinski definition) is 3. The fourth-order valence-electron chi connectivity index (χ4n) is 3.88. The summed E-state index contributed by atoms with van der Waals surface area (Å²) in [5.41, 5.74) is -0.297. The molecule has 3 rings (SSSR count). The first kappa shape index (κ1) is 17.9. The Bertz CT molecular complexity index is 631. The Labute approximate surface area is 149 Å². The van der Waals surface area contributed by atoms with Crippen molar-refractivity contribution in [3.8, 4) is 0 Å². The Kier molecular flexibility index (Phi) is 5.74. The van der Waals surface area contributed by atoms with Crippen LogP contribution in [-0.2, 0) is 10.5 Å². The molecule has 1 unspecified atom stereocenters. The van der Waals surface area contributed by atoms with Gasteiger partial charge in [0.15, 0.2) is 5.72 Å². The summed E-state index contributed by atoms with van der Waals surface area (Å²) >= 11 is 0. The van der Waals surface area contributed by atoms with Crippen molar-refractivity contribution in [2.75, 3.05) is 13.1 Å². The van der Waals surface area contributed by atoms with E-state index in [4.69, 9.17) is 0 Å². The Morgan fingerprint density at radius 3 is 2.32 bits per heavy atom. The smallest absolute Gasteiger partial charge is 0.256 e. The molecular formula is C20H28N2O3. The van der Waals surface area contributed by atoms with E-state index in [0.29, 0.717) is 24.1 Å². The Hall–Kier alpha value is -1.88.